The molecule has 0 rings (SSSR count). The molecule has 132 valence electrons. The fraction of sp³-hybridized carbons (Fsp3) is 0.409. The molecule has 0 unspecified atom stereocenters. The van der Waals surface area contributed by atoms with Gasteiger partial charge in [-0.2, -0.15) is 0 Å². The molecule has 0 heterocycles. The first-order chi connectivity index (χ1) is 11.8. The Morgan fingerprint density at radius 2 is 1.12 bits per heavy atom. The maximum atomic E-state index is 10.1. The van der Waals surface area contributed by atoms with E-state index in [0.29, 0.717) is 0 Å². The van der Waals surface area contributed by atoms with Gasteiger partial charge in [0.15, 0.2) is 0 Å². The molecule has 0 saturated carbocycles. The minimum atomic E-state index is -1.19. The van der Waals surface area contributed by atoms with Crippen LogP contribution >= 0.6 is 0 Å². The molecule has 0 spiro atoms. The SMILES string of the molecule is CCCCCCCCCC=CC=CC=CC=CC=CC=CC(=O)[O-].[Na+]. The molecule has 2 nitrogen and oxygen atoms in total. The number of carboxylic acid groups (broad SMARTS) is 1. The predicted molar refractivity (Wildman–Crippen MR) is 102 cm³/mol. The standard InChI is InChI=1S/C22H32O2.Na/c1-2-3-4-5-6-7-8-9-10-11-12-13-14-15-16-17-18-19-20-21-22(23)24;/h10-21H,2-9H2,1H3,(H,23,24);/q;+1/p-1. The first kappa shape index (κ1) is 26.1. The molecule has 25 heavy (non-hydrogen) atoms. The summed E-state index contributed by atoms with van der Waals surface area (Å²) < 4.78 is 0. The van der Waals surface area contributed by atoms with Gasteiger partial charge in [-0.15, -0.1) is 0 Å². The van der Waals surface area contributed by atoms with Crippen LogP contribution in [0.4, 0.5) is 0 Å². The van der Waals surface area contributed by atoms with Gasteiger partial charge in [0.1, 0.15) is 0 Å². The summed E-state index contributed by atoms with van der Waals surface area (Å²) in [5, 5.41) is 10.1. The van der Waals surface area contributed by atoms with Crippen molar-refractivity contribution in [2.24, 2.45) is 0 Å². The summed E-state index contributed by atoms with van der Waals surface area (Å²) in [4.78, 5) is 10.1. The van der Waals surface area contributed by atoms with E-state index in [4.69, 9.17) is 0 Å². The Kier molecular flexibility index (Phi) is 24.0. The predicted octanol–water partition coefficient (Wildman–Crippen LogP) is 2.22. The van der Waals surface area contributed by atoms with Crippen LogP contribution in [0.15, 0.2) is 72.9 Å². The van der Waals surface area contributed by atoms with Gasteiger partial charge in [0.05, 0.1) is 5.97 Å². The average Bonchev–Trinajstić information content (AvgIpc) is 2.56. The van der Waals surface area contributed by atoms with Crippen LogP contribution in [0, 0.1) is 0 Å². The van der Waals surface area contributed by atoms with Gasteiger partial charge in [-0.25, -0.2) is 0 Å². The Morgan fingerprint density at radius 3 is 1.64 bits per heavy atom. The second-order valence-corrected chi connectivity index (χ2v) is 5.56. The molecule has 0 bridgehead atoms. The molecular weight excluding hydrogens is 319 g/mol. The number of hydrogen-bond donors (Lipinski definition) is 0. The van der Waals surface area contributed by atoms with Gasteiger partial charge < -0.3 is 9.90 Å². The molecule has 0 N–H and O–H groups in total. The van der Waals surface area contributed by atoms with Crippen molar-refractivity contribution in [3.05, 3.63) is 72.9 Å². The van der Waals surface area contributed by atoms with Gasteiger partial charge >= 0.3 is 29.6 Å². The number of aliphatic carboxylic acids is 1. The quantitative estimate of drug-likeness (QED) is 0.209. The Labute approximate surface area is 176 Å². The Balaban J connectivity index is 0. The Hall–Kier alpha value is -1.09. The van der Waals surface area contributed by atoms with E-state index in [1.54, 1.807) is 12.2 Å². The van der Waals surface area contributed by atoms with Crippen LogP contribution in [0.5, 0.6) is 0 Å². The van der Waals surface area contributed by atoms with Crippen LogP contribution < -0.4 is 34.7 Å². The summed E-state index contributed by atoms with van der Waals surface area (Å²) in [5.74, 6) is -1.19. The van der Waals surface area contributed by atoms with E-state index in [-0.39, 0.29) is 29.6 Å². The number of allylic oxidation sites excluding steroid dienone is 11. The fourth-order valence-corrected chi connectivity index (χ4v) is 2.04. The molecule has 0 aromatic rings. The second-order valence-electron chi connectivity index (χ2n) is 5.56. The molecule has 0 aliphatic carbocycles. The maximum absolute atomic E-state index is 10.1. The van der Waals surface area contributed by atoms with Crippen molar-refractivity contribution < 1.29 is 39.5 Å². The van der Waals surface area contributed by atoms with E-state index >= 15 is 0 Å². The topological polar surface area (TPSA) is 40.1 Å². The van der Waals surface area contributed by atoms with Crippen molar-refractivity contribution in [2.75, 3.05) is 0 Å². The zero-order valence-corrected chi connectivity index (χ0v) is 17.9. The number of carboxylic acids is 1. The molecule has 3 heteroatoms. The van der Waals surface area contributed by atoms with E-state index in [0.717, 1.165) is 12.5 Å². The number of carbonyl (C=O) groups excluding carboxylic acids is 1. The number of rotatable bonds is 14. The minimum Gasteiger partial charge on any atom is -0.545 e. The van der Waals surface area contributed by atoms with E-state index < -0.39 is 5.97 Å². The third-order valence-corrected chi connectivity index (χ3v) is 3.34. The average molecular weight is 350 g/mol. The summed E-state index contributed by atoms with van der Waals surface area (Å²) in [6, 6.07) is 0. The van der Waals surface area contributed by atoms with Gasteiger partial charge in [-0.05, 0) is 18.9 Å². The second kappa shape index (κ2) is 22.9. The van der Waals surface area contributed by atoms with E-state index in [1.165, 1.54) is 51.0 Å². The summed E-state index contributed by atoms with van der Waals surface area (Å²) in [5.41, 5.74) is 0. The normalized spacial score (nSPS) is 12.5. The fourth-order valence-electron chi connectivity index (χ4n) is 2.04. The molecule has 0 aromatic heterocycles. The minimum absolute atomic E-state index is 0. The smallest absolute Gasteiger partial charge is 0.545 e. The first-order valence-corrected chi connectivity index (χ1v) is 8.98. The summed E-state index contributed by atoms with van der Waals surface area (Å²) in [6.07, 6.45) is 32.4. The Morgan fingerprint density at radius 1 is 0.680 bits per heavy atom. The van der Waals surface area contributed by atoms with Crippen LogP contribution in [0.25, 0.3) is 0 Å². The van der Waals surface area contributed by atoms with Gasteiger partial charge in [-0.3, -0.25) is 0 Å². The molecule has 0 aromatic carbocycles. The van der Waals surface area contributed by atoms with Gasteiger partial charge in [0.2, 0.25) is 0 Å². The van der Waals surface area contributed by atoms with E-state index in [9.17, 15) is 9.90 Å². The molecule has 0 saturated heterocycles. The Bertz CT molecular complexity index is 468. The zero-order chi connectivity index (χ0) is 17.7. The van der Waals surface area contributed by atoms with Gasteiger partial charge in [0, 0.05) is 0 Å². The summed E-state index contributed by atoms with van der Waals surface area (Å²) in [6.45, 7) is 2.25. The summed E-state index contributed by atoms with van der Waals surface area (Å²) >= 11 is 0. The zero-order valence-electron chi connectivity index (χ0n) is 15.9. The number of carbonyl (C=O) groups is 1. The molecule has 0 aliphatic rings. The third kappa shape index (κ3) is 25.3. The maximum Gasteiger partial charge on any atom is 1.00 e. The van der Waals surface area contributed by atoms with Crippen LogP contribution in [-0.2, 0) is 4.79 Å². The van der Waals surface area contributed by atoms with E-state index in [2.05, 4.69) is 19.1 Å². The van der Waals surface area contributed by atoms with Crippen LogP contribution in [-0.4, -0.2) is 5.97 Å². The first-order valence-electron chi connectivity index (χ1n) is 8.98. The molecule has 0 aliphatic heterocycles. The van der Waals surface area contributed by atoms with Crippen LogP contribution in [0.1, 0.15) is 58.3 Å². The molecule has 0 radical (unpaired) electrons. The molecule has 0 atom stereocenters. The number of unbranched alkanes of at least 4 members (excludes halogenated alkanes) is 7. The van der Waals surface area contributed by atoms with Crippen molar-refractivity contribution in [3.8, 4) is 0 Å². The summed E-state index contributed by atoms with van der Waals surface area (Å²) in [7, 11) is 0. The van der Waals surface area contributed by atoms with E-state index in [1.807, 2.05) is 36.5 Å². The molecule has 0 amide bonds. The molecule has 0 fully saturated rings. The van der Waals surface area contributed by atoms with Crippen LogP contribution in [0.2, 0.25) is 0 Å². The van der Waals surface area contributed by atoms with Crippen molar-refractivity contribution in [3.63, 3.8) is 0 Å². The van der Waals surface area contributed by atoms with Crippen molar-refractivity contribution in [1.29, 1.82) is 0 Å². The van der Waals surface area contributed by atoms with Crippen molar-refractivity contribution in [1.82, 2.24) is 0 Å². The van der Waals surface area contributed by atoms with Crippen LogP contribution in [0.3, 0.4) is 0 Å². The van der Waals surface area contributed by atoms with Gasteiger partial charge in [0.25, 0.3) is 0 Å². The van der Waals surface area contributed by atoms with Crippen molar-refractivity contribution >= 4 is 5.97 Å². The molecular formula is C22H31NaO2. The van der Waals surface area contributed by atoms with Crippen molar-refractivity contribution in [2.45, 2.75) is 58.3 Å². The number of hydrogen-bond acceptors (Lipinski definition) is 2. The third-order valence-electron chi connectivity index (χ3n) is 3.34. The van der Waals surface area contributed by atoms with Gasteiger partial charge in [-0.1, -0.05) is 112 Å². The largest absolute Gasteiger partial charge is 1.00 e. The monoisotopic (exact) mass is 350 g/mol.